The first-order valence-electron chi connectivity index (χ1n) is 14.5. The minimum Gasteiger partial charge on any atom is -0.509 e. The van der Waals surface area contributed by atoms with Crippen LogP contribution in [0.25, 0.3) is 0 Å². The second-order valence-electron chi connectivity index (χ2n) is 12.3. The molecule has 2 aliphatic heterocycles. The summed E-state index contributed by atoms with van der Waals surface area (Å²) in [7, 11) is -6.83. The molecule has 2 aromatic rings. The summed E-state index contributed by atoms with van der Waals surface area (Å²) in [5.74, 6) is -0.877. The zero-order valence-electron chi connectivity index (χ0n) is 25.6. The Morgan fingerprint density at radius 3 is 2.44 bits per heavy atom. The van der Waals surface area contributed by atoms with Crippen molar-refractivity contribution >= 4 is 40.1 Å². The SMILES string of the molecule is CCOP1(=O)N=C(C2=C(O)[C@H](C(C)(C)C)N(Cc3ccc(F)c(C)c3)C2=O)Nc2ccc(CCCCCS(C)(=O)=O)cc21. The minimum atomic E-state index is -3.83. The molecule has 0 radical (unpaired) electrons. The molecule has 1 unspecified atom stereocenters. The van der Waals surface area contributed by atoms with E-state index in [-0.39, 0.29) is 41.9 Å². The molecule has 2 aliphatic rings. The number of benzene rings is 2. The number of rotatable bonds is 11. The van der Waals surface area contributed by atoms with Crippen LogP contribution in [0.15, 0.2) is 52.5 Å². The lowest BCUT2D eigenvalue weighted by Gasteiger charge is -2.35. The van der Waals surface area contributed by atoms with Crippen molar-refractivity contribution in [2.24, 2.45) is 10.2 Å². The molecule has 0 saturated carbocycles. The van der Waals surface area contributed by atoms with Crippen molar-refractivity contribution in [2.75, 3.05) is 23.9 Å². The van der Waals surface area contributed by atoms with Gasteiger partial charge in [-0.05, 0) is 73.4 Å². The Morgan fingerprint density at radius 2 is 1.81 bits per heavy atom. The standard InChI is InChI=1S/C31H41FN3O6PS/c1-7-41-42(38)25-18-21(11-9-8-10-16-43(6,39)40)13-15-24(25)33-29(34-42)26-27(36)28(31(3,4)5)35(30(26)37)19-22-12-14-23(32)20(2)17-22/h12-15,17-18,28,36H,7-11,16,19H2,1-6H3,(H,33,34,38)/t28-,42?/m1/s1. The van der Waals surface area contributed by atoms with E-state index >= 15 is 0 Å². The van der Waals surface area contributed by atoms with Gasteiger partial charge >= 0.3 is 7.52 Å². The fourth-order valence-corrected chi connectivity index (χ4v) is 8.15. The van der Waals surface area contributed by atoms with Gasteiger partial charge in [0.25, 0.3) is 5.91 Å². The van der Waals surface area contributed by atoms with Crippen molar-refractivity contribution in [1.82, 2.24) is 4.90 Å². The van der Waals surface area contributed by atoms with Gasteiger partial charge < -0.3 is 19.8 Å². The van der Waals surface area contributed by atoms with Gasteiger partial charge in [0.1, 0.15) is 27.0 Å². The lowest BCUT2D eigenvalue weighted by molar-refractivity contribution is -0.129. The van der Waals surface area contributed by atoms with E-state index in [1.54, 1.807) is 38.1 Å². The number of sulfone groups is 1. The Labute approximate surface area is 253 Å². The van der Waals surface area contributed by atoms with Crippen LogP contribution in [0, 0.1) is 18.2 Å². The van der Waals surface area contributed by atoms with Crippen LogP contribution in [0.2, 0.25) is 0 Å². The number of aliphatic hydroxyl groups excluding tert-OH is 1. The van der Waals surface area contributed by atoms with Gasteiger partial charge in [-0.3, -0.25) is 9.36 Å². The molecule has 2 N–H and O–H groups in total. The van der Waals surface area contributed by atoms with Gasteiger partial charge in [-0.15, -0.1) is 0 Å². The Balaban J connectivity index is 1.64. The average molecular weight is 634 g/mol. The second kappa shape index (κ2) is 12.5. The highest BCUT2D eigenvalue weighted by molar-refractivity contribution is 7.90. The van der Waals surface area contributed by atoms with Crippen LogP contribution in [0.3, 0.4) is 0 Å². The maximum Gasteiger partial charge on any atom is 0.348 e. The Kier molecular flexibility index (Phi) is 9.59. The molecule has 2 atom stereocenters. The van der Waals surface area contributed by atoms with Crippen LogP contribution in [0.1, 0.15) is 63.6 Å². The van der Waals surface area contributed by atoms with Crippen molar-refractivity contribution in [1.29, 1.82) is 0 Å². The average Bonchev–Trinajstić information content (AvgIpc) is 3.14. The Bertz CT molecular complexity index is 1630. The fourth-order valence-electron chi connectivity index (χ4n) is 5.59. The van der Waals surface area contributed by atoms with Crippen LogP contribution in [0.5, 0.6) is 0 Å². The monoisotopic (exact) mass is 633 g/mol. The van der Waals surface area contributed by atoms with Gasteiger partial charge in [0.15, 0.2) is 5.84 Å². The number of carbonyl (C=O) groups is 1. The number of nitrogens with zero attached hydrogens (tertiary/aromatic N) is 2. The van der Waals surface area contributed by atoms with Crippen molar-refractivity contribution in [3.8, 4) is 0 Å². The largest absolute Gasteiger partial charge is 0.509 e. The summed E-state index contributed by atoms with van der Waals surface area (Å²) in [6.07, 6.45) is 3.98. The zero-order valence-corrected chi connectivity index (χ0v) is 27.3. The summed E-state index contributed by atoms with van der Waals surface area (Å²) in [5.41, 5.74) is 1.91. The van der Waals surface area contributed by atoms with Crippen molar-refractivity contribution < 1.29 is 31.8 Å². The van der Waals surface area contributed by atoms with E-state index < -0.39 is 34.7 Å². The third-order valence-corrected chi connectivity index (χ3v) is 10.7. The maximum atomic E-state index is 14.2. The summed E-state index contributed by atoms with van der Waals surface area (Å²) in [6, 6.07) is 9.37. The third kappa shape index (κ3) is 7.39. The third-order valence-electron chi connectivity index (χ3n) is 7.57. The van der Waals surface area contributed by atoms with Gasteiger partial charge in [-0.25, -0.2) is 12.8 Å². The van der Waals surface area contributed by atoms with Gasteiger partial charge in [-0.2, -0.15) is 4.76 Å². The summed E-state index contributed by atoms with van der Waals surface area (Å²) in [5, 5.41) is 15.0. The molecule has 0 aliphatic carbocycles. The number of anilines is 1. The molecule has 2 heterocycles. The lowest BCUT2D eigenvalue weighted by Crippen LogP contribution is -2.43. The van der Waals surface area contributed by atoms with Crippen molar-refractivity contribution in [3.63, 3.8) is 0 Å². The van der Waals surface area contributed by atoms with E-state index in [1.165, 1.54) is 17.2 Å². The van der Waals surface area contributed by atoms with Gasteiger partial charge in [0.2, 0.25) is 0 Å². The van der Waals surface area contributed by atoms with Crippen LogP contribution in [-0.2, 0) is 36.7 Å². The molecule has 0 bridgehead atoms. The summed E-state index contributed by atoms with van der Waals surface area (Å²) < 4.78 is 61.1. The first-order chi connectivity index (χ1) is 20.0. The zero-order chi connectivity index (χ0) is 31.7. The van der Waals surface area contributed by atoms with E-state index in [0.717, 1.165) is 18.4 Å². The molecule has 9 nitrogen and oxygen atoms in total. The number of aryl methyl sites for hydroxylation is 2. The van der Waals surface area contributed by atoms with Gasteiger partial charge in [-0.1, -0.05) is 45.4 Å². The van der Waals surface area contributed by atoms with Gasteiger partial charge in [0, 0.05) is 18.6 Å². The highest BCUT2D eigenvalue weighted by Crippen LogP contribution is 2.53. The highest BCUT2D eigenvalue weighted by atomic mass is 32.2. The summed E-state index contributed by atoms with van der Waals surface area (Å²) >= 11 is 0. The van der Waals surface area contributed by atoms with Crippen LogP contribution < -0.4 is 10.6 Å². The van der Waals surface area contributed by atoms with Crippen LogP contribution in [0.4, 0.5) is 10.1 Å². The van der Waals surface area contributed by atoms with E-state index in [4.69, 9.17) is 4.52 Å². The predicted molar refractivity (Wildman–Crippen MR) is 168 cm³/mol. The van der Waals surface area contributed by atoms with E-state index in [2.05, 4.69) is 10.1 Å². The number of unbranched alkanes of at least 4 members (excludes halogenated alkanes) is 2. The molecule has 0 saturated heterocycles. The van der Waals surface area contributed by atoms with Crippen LogP contribution >= 0.6 is 7.52 Å². The number of halogens is 1. The smallest absolute Gasteiger partial charge is 0.348 e. The molecule has 234 valence electrons. The molecule has 1 amide bonds. The van der Waals surface area contributed by atoms with Gasteiger partial charge in [0.05, 0.1) is 23.6 Å². The molecule has 4 rings (SSSR count). The fraction of sp³-hybridized carbons (Fsp3) is 0.484. The number of hydrogen-bond donors (Lipinski definition) is 2. The van der Waals surface area contributed by atoms with E-state index in [1.807, 2.05) is 26.8 Å². The topological polar surface area (TPSA) is 125 Å². The maximum absolute atomic E-state index is 14.2. The van der Waals surface area contributed by atoms with Crippen molar-refractivity contribution in [3.05, 3.63) is 70.2 Å². The Hall–Kier alpha value is -3.01. The normalized spacial score (nSPS) is 20.7. The summed E-state index contributed by atoms with van der Waals surface area (Å²) in [4.78, 5) is 15.5. The number of amides is 1. The van der Waals surface area contributed by atoms with E-state index in [9.17, 15) is 27.3 Å². The molecule has 0 aromatic heterocycles. The Morgan fingerprint density at radius 1 is 1.12 bits per heavy atom. The molecule has 0 spiro atoms. The number of nitrogens with one attached hydrogen (secondary N) is 1. The van der Waals surface area contributed by atoms with E-state index in [0.29, 0.717) is 35.0 Å². The highest BCUT2D eigenvalue weighted by Gasteiger charge is 2.48. The van der Waals surface area contributed by atoms with Crippen molar-refractivity contribution in [2.45, 2.75) is 72.9 Å². The molecule has 2 aromatic carbocycles. The molecular formula is C31H41FN3O6PS. The first kappa shape index (κ1) is 32.9. The minimum absolute atomic E-state index is 0.0210. The number of aliphatic hydroxyl groups is 1. The predicted octanol–water partition coefficient (Wildman–Crippen LogP) is 5.84. The molecule has 12 heteroatoms. The second-order valence-corrected chi connectivity index (χ2v) is 16.6. The van der Waals surface area contributed by atoms with Crippen LogP contribution in [-0.4, -0.2) is 54.8 Å². The summed E-state index contributed by atoms with van der Waals surface area (Å²) in [6.45, 7) is 9.34. The molecular weight excluding hydrogens is 592 g/mol. The molecule has 0 fully saturated rings. The lowest BCUT2D eigenvalue weighted by atomic mass is 9.85. The molecule has 43 heavy (non-hydrogen) atoms. The number of hydrogen-bond acceptors (Lipinski definition) is 7. The first-order valence-corrected chi connectivity index (χ1v) is 18.1. The number of fused-ring (bicyclic) bond motifs is 1. The number of amidine groups is 1. The quantitative estimate of drug-likeness (QED) is 0.235. The number of carbonyl (C=O) groups excluding carboxylic acids is 1.